The van der Waals surface area contributed by atoms with Crippen molar-refractivity contribution < 1.29 is 19.7 Å². The van der Waals surface area contributed by atoms with Crippen molar-refractivity contribution in [2.75, 3.05) is 19.8 Å². The summed E-state index contributed by atoms with van der Waals surface area (Å²) in [5, 5.41) is 36.3. The number of likely N-dealkylation sites (tertiary alicyclic amines) is 1. The molecule has 7 N–H and O–H groups in total. The molecule has 2 aromatic rings. The molecule has 3 aliphatic heterocycles. The highest BCUT2D eigenvalue weighted by atomic mass is 16.6. The first-order valence-corrected chi connectivity index (χ1v) is 10.0. The molecule has 29 heavy (non-hydrogen) atoms. The van der Waals surface area contributed by atoms with Gasteiger partial charge in [0.05, 0.1) is 24.0 Å². The normalized spacial score (nSPS) is 40.4. The Kier molecular flexibility index (Phi) is 4.74. The highest BCUT2D eigenvalue weighted by molar-refractivity contribution is 5.79. The van der Waals surface area contributed by atoms with Gasteiger partial charge in [-0.1, -0.05) is 0 Å². The third kappa shape index (κ3) is 3.21. The van der Waals surface area contributed by atoms with Gasteiger partial charge in [-0.2, -0.15) is 5.10 Å². The summed E-state index contributed by atoms with van der Waals surface area (Å²) in [6, 6.07) is 5.61. The van der Waals surface area contributed by atoms with Crippen LogP contribution in [0.3, 0.4) is 0 Å². The van der Waals surface area contributed by atoms with Crippen molar-refractivity contribution in [1.29, 1.82) is 0 Å². The number of nitrogens with one attached hydrogen (secondary N) is 3. The zero-order chi connectivity index (χ0) is 20.2. The van der Waals surface area contributed by atoms with Crippen LogP contribution >= 0.6 is 0 Å². The van der Waals surface area contributed by atoms with E-state index in [2.05, 4.69) is 25.7 Å². The maximum Gasteiger partial charge on any atom is 0.141 e. The number of aliphatic hydroxyl groups is 2. The van der Waals surface area contributed by atoms with Crippen LogP contribution in [-0.4, -0.2) is 81.5 Å². The van der Waals surface area contributed by atoms with Gasteiger partial charge in [-0.25, -0.2) is 0 Å². The van der Waals surface area contributed by atoms with E-state index >= 15 is 0 Å². The Morgan fingerprint density at radius 2 is 2.28 bits per heavy atom. The first kappa shape index (κ1) is 19.2. The standard InChI is InChI=1S/C19H28N6O4/c1-19(27)14(8-28-11-3-2-10-7-23-24-13(10)6-11)29-18(15(19)26)25-5-4-12-16(20)21-9-22-17(12)25/h2-3,6-7,12,14-18,21-22,26-27H,4-5,8-9,20H2,1H3,(H,23,24)/t12?,14-,15+,16?,17?,18-,19-/m1/s1. The van der Waals surface area contributed by atoms with E-state index in [9.17, 15) is 10.2 Å². The Bertz CT molecular complexity index is 875. The van der Waals surface area contributed by atoms with Crippen molar-refractivity contribution in [3.8, 4) is 5.75 Å². The van der Waals surface area contributed by atoms with Crippen molar-refractivity contribution in [1.82, 2.24) is 25.7 Å². The molecule has 5 rings (SSSR count). The van der Waals surface area contributed by atoms with Crippen LogP contribution in [0.5, 0.6) is 5.75 Å². The van der Waals surface area contributed by atoms with Crippen molar-refractivity contribution in [3.05, 3.63) is 24.4 Å². The van der Waals surface area contributed by atoms with Gasteiger partial charge in [-0.3, -0.25) is 20.6 Å². The van der Waals surface area contributed by atoms with Gasteiger partial charge in [0, 0.05) is 30.6 Å². The van der Waals surface area contributed by atoms with Gasteiger partial charge in [0.1, 0.15) is 36.4 Å². The van der Waals surface area contributed by atoms with Gasteiger partial charge in [0.15, 0.2) is 0 Å². The van der Waals surface area contributed by atoms with Crippen LogP contribution in [0.15, 0.2) is 24.4 Å². The highest BCUT2D eigenvalue weighted by Crippen LogP contribution is 2.38. The number of benzene rings is 1. The monoisotopic (exact) mass is 404 g/mol. The minimum atomic E-state index is -1.43. The number of aromatic amines is 1. The molecule has 10 heteroatoms. The molecule has 7 atom stereocenters. The molecule has 0 amide bonds. The third-order valence-electron chi connectivity index (χ3n) is 6.56. The first-order chi connectivity index (χ1) is 13.9. The van der Waals surface area contributed by atoms with E-state index in [0.29, 0.717) is 12.4 Å². The summed E-state index contributed by atoms with van der Waals surface area (Å²) in [5.41, 5.74) is 5.62. The lowest BCUT2D eigenvalue weighted by Gasteiger charge is -2.39. The molecule has 3 saturated heterocycles. The minimum absolute atomic E-state index is 0.00385. The molecule has 158 valence electrons. The fraction of sp³-hybridized carbons (Fsp3) is 0.632. The van der Waals surface area contributed by atoms with E-state index in [1.54, 1.807) is 13.1 Å². The molecule has 3 unspecified atom stereocenters. The lowest BCUT2D eigenvalue weighted by Crippen LogP contribution is -2.64. The topological polar surface area (TPSA) is 141 Å². The largest absolute Gasteiger partial charge is 0.491 e. The zero-order valence-corrected chi connectivity index (χ0v) is 16.3. The highest BCUT2D eigenvalue weighted by Gasteiger charge is 2.57. The Hall–Kier alpha value is -1.79. The third-order valence-corrected chi connectivity index (χ3v) is 6.56. The lowest BCUT2D eigenvalue weighted by atomic mass is 9.94. The van der Waals surface area contributed by atoms with Gasteiger partial charge in [-0.05, 0) is 25.5 Å². The number of aliphatic hydroxyl groups excluding tert-OH is 1. The maximum absolute atomic E-state index is 11.0. The van der Waals surface area contributed by atoms with Crippen LogP contribution < -0.4 is 21.1 Å². The van der Waals surface area contributed by atoms with Crippen LogP contribution in [0.1, 0.15) is 13.3 Å². The summed E-state index contributed by atoms with van der Waals surface area (Å²) < 4.78 is 12.0. The number of hydrogen-bond donors (Lipinski definition) is 6. The minimum Gasteiger partial charge on any atom is -0.491 e. The second kappa shape index (κ2) is 7.17. The van der Waals surface area contributed by atoms with Gasteiger partial charge in [0.25, 0.3) is 0 Å². The second-order valence-electron chi connectivity index (χ2n) is 8.36. The first-order valence-electron chi connectivity index (χ1n) is 10.0. The molecule has 1 aromatic carbocycles. The molecular formula is C19H28N6O4. The molecule has 0 spiro atoms. The predicted octanol–water partition coefficient (Wildman–Crippen LogP) is -1.14. The summed E-state index contributed by atoms with van der Waals surface area (Å²) in [7, 11) is 0. The van der Waals surface area contributed by atoms with E-state index in [1.165, 1.54) is 0 Å². The molecule has 1 aromatic heterocycles. The SMILES string of the molecule is C[C@@]1(O)[C@@H](COc2ccc3cn[nH]c3c2)O[C@@H](N2CCC3C(N)NCNC32)[C@@H]1O. The molecule has 3 aliphatic rings. The van der Waals surface area contributed by atoms with E-state index in [0.717, 1.165) is 23.9 Å². The summed E-state index contributed by atoms with van der Waals surface area (Å²) in [6.07, 6.45) is 0.195. The van der Waals surface area contributed by atoms with Gasteiger partial charge in [-0.15, -0.1) is 0 Å². The smallest absolute Gasteiger partial charge is 0.141 e. The number of H-pyrrole nitrogens is 1. The van der Waals surface area contributed by atoms with Crippen molar-refractivity contribution in [2.24, 2.45) is 11.7 Å². The van der Waals surface area contributed by atoms with Crippen LogP contribution in [-0.2, 0) is 4.74 Å². The average molecular weight is 404 g/mol. The number of nitrogens with zero attached hydrogens (tertiary/aromatic N) is 2. The molecule has 10 nitrogen and oxygen atoms in total. The average Bonchev–Trinajstić information content (AvgIpc) is 3.39. The van der Waals surface area contributed by atoms with E-state index in [1.807, 2.05) is 18.2 Å². The lowest BCUT2D eigenvalue weighted by molar-refractivity contribution is -0.111. The Labute approximate surface area is 168 Å². The second-order valence-corrected chi connectivity index (χ2v) is 8.36. The maximum atomic E-state index is 11.0. The van der Waals surface area contributed by atoms with Crippen LogP contribution in [0.2, 0.25) is 0 Å². The van der Waals surface area contributed by atoms with Crippen molar-refractivity contribution in [2.45, 2.75) is 49.7 Å². The number of aromatic nitrogens is 2. The number of nitrogens with two attached hydrogens (primary N) is 1. The molecular weight excluding hydrogens is 376 g/mol. The fourth-order valence-corrected chi connectivity index (χ4v) is 4.71. The summed E-state index contributed by atoms with van der Waals surface area (Å²) in [6.45, 7) is 3.05. The Morgan fingerprint density at radius 3 is 3.14 bits per heavy atom. The predicted molar refractivity (Wildman–Crippen MR) is 105 cm³/mol. The number of fused-ring (bicyclic) bond motifs is 2. The Morgan fingerprint density at radius 1 is 1.41 bits per heavy atom. The fourth-order valence-electron chi connectivity index (χ4n) is 4.71. The van der Waals surface area contributed by atoms with Crippen LogP contribution in [0.25, 0.3) is 10.9 Å². The Balaban J connectivity index is 1.28. The quantitative estimate of drug-likeness (QED) is 0.373. The number of hydrogen-bond acceptors (Lipinski definition) is 9. The van der Waals surface area contributed by atoms with Gasteiger partial charge < -0.3 is 25.4 Å². The number of rotatable bonds is 4. The molecule has 0 saturated carbocycles. The van der Waals surface area contributed by atoms with Crippen LogP contribution in [0, 0.1) is 5.92 Å². The number of ether oxygens (including phenoxy) is 2. The van der Waals surface area contributed by atoms with E-state index < -0.39 is 24.0 Å². The molecule has 0 aliphatic carbocycles. The summed E-state index contributed by atoms with van der Waals surface area (Å²) in [5.74, 6) is 0.868. The molecule has 0 bridgehead atoms. The van der Waals surface area contributed by atoms with Gasteiger partial charge in [0.2, 0.25) is 0 Å². The summed E-state index contributed by atoms with van der Waals surface area (Å²) in [4.78, 5) is 2.07. The molecule has 0 radical (unpaired) electrons. The van der Waals surface area contributed by atoms with Crippen molar-refractivity contribution >= 4 is 10.9 Å². The van der Waals surface area contributed by atoms with Crippen molar-refractivity contribution in [3.63, 3.8) is 0 Å². The van der Waals surface area contributed by atoms with E-state index in [4.69, 9.17) is 15.2 Å². The zero-order valence-electron chi connectivity index (χ0n) is 16.3. The van der Waals surface area contributed by atoms with Crippen LogP contribution in [0.4, 0.5) is 0 Å². The summed E-state index contributed by atoms with van der Waals surface area (Å²) >= 11 is 0. The molecule has 3 fully saturated rings. The van der Waals surface area contributed by atoms with E-state index in [-0.39, 0.29) is 24.9 Å². The van der Waals surface area contributed by atoms with Gasteiger partial charge >= 0.3 is 0 Å². The molecule has 4 heterocycles.